The van der Waals surface area contributed by atoms with Gasteiger partial charge in [-0.2, -0.15) is 0 Å². The van der Waals surface area contributed by atoms with Gasteiger partial charge in [0.1, 0.15) is 5.75 Å². The van der Waals surface area contributed by atoms with Gasteiger partial charge in [-0.1, -0.05) is 25.1 Å². The van der Waals surface area contributed by atoms with E-state index >= 15 is 0 Å². The Kier molecular flexibility index (Phi) is 5.36. The Balaban J connectivity index is 1.99. The number of amides is 2. The van der Waals surface area contributed by atoms with Crippen molar-refractivity contribution in [2.75, 3.05) is 7.11 Å². The van der Waals surface area contributed by atoms with Crippen molar-refractivity contribution >= 4 is 11.8 Å². The highest BCUT2D eigenvalue weighted by molar-refractivity contribution is 5.99. The van der Waals surface area contributed by atoms with E-state index in [9.17, 15) is 9.59 Å². The average Bonchev–Trinajstić information content (AvgIpc) is 2.59. The molecule has 5 nitrogen and oxygen atoms in total. The van der Waals surface area contributed by atoms with Crippen molar-refractivity contribution in [3.05, 3.63) is 64.7 Å². The zero-order chi connectivity index (χ0) is 16.8. The first-order valence-electron chi connectivity index (χ1n) is 7.39. The van der Waals surface area contributed by atoms with Crippen LogP contribution in [0, 0.1) is 6.92 Å². The molecule has 0 unspecified atom stereocenters. The quantitative estimate of drug-likeness (QED) is 0.853. The third kappa shape index (κ3) is 4.10. The molecule has 0 spiro atoms. The summed E-state index contributed by atoms with van der Waals surface area (Å²) in [6.45, 7) is 3.94. The summed E-state index contributed by atoms with van der Waals surface area (Å²) >= 11 is 0. The predicted molar refractivity (Wildman–Crippen MR) is 88.5 cm³/mol. The Bertz CT molecular complexity index is 709. The number of aryl methyl sites for hydroxylation is 2. The van der Waals surface area contributed by atoms with Gasteiger partial charge in [0, 0.05) is 11.1 Å². The molecule has 5 heteroatoms. The molecule has 2 aromatic carbocycles. The number of carbonyl (C=O) groups excluding carboxylic acids is 2. The second-order valence-corrected chi connectivity index (χ2v) is 5.14. The number of methoxy groups -OCH3 is 1. The standard InChI is InChI=1S/C18H20N2O3/c1-4-13-6-9-14(10-7-13)17(21)19-20-18(22)15-8-5-12(2)16(11-15)23-3/h5-11H,4H2,1-3H3,(H,19,21)(H,20,22). The molecule has 0 aromatic heterocycles. The third-order valence-corrected chi connectivity index (χ3v) is 3.58. The van der Waals surface area contributed by atoms with Crippen LogP contribution >= 0.6 is 0 Å². The van der Waals surface area contributed by atoms with E-state index in [1.165, 1.54) is 0 Å². The Morgan fingerprint density at radius 2 is 1.52 bits per heavy atom. The van der Waals surface area contributed by atoms with Crippen LogP contribution in [-0.4, -0.2) is 18.9 Å². The molecular weight excluding hydrogens is 292 g/mol. The maximum atomic E-state index is 12.1. The molecule has 2 aromatic rings. The predicted octanol–water partition coefficient (Wildman–Crippen LogP) is 2.64. The van der Waals surface area contributed by atoms with Crippen molar-refractivity contribution in [3.8, 4) is 5.75 Å². The Morgan fingerprint density at radius 1 is 0.957 bits per heavy atom. The molecule has 2 N–H and O–H groups in total. The molecule has 120 valence electrons. The van der Waals surface area contributed by atoms with Gasteiger partial charge < -0.3 is 4.74 Å². The SMILES string of the molecule is CCc1ccc(C(=O)NNC(=O)c2ccc(C)c(OC)c2)cc1. The minimum absolute atomic E-state index is 0.361. The Morgan fingerprint density at radius 3 is 2.09 bits per heavy atom. The summed E-state index contributed by atoms with van der Waals surface area (Å²) in [4.78, 5) is 24.1. The fourth-order valence-corrected chi connectivity index (χ4v) is 2.11. The molecule has 0 bridgehead atoms. The normalized spacial score (nSPS) is 10.0. The number of hydrogen-bond donors (Lipinski definition) is 2. The summed E-state index contributed by atoms with van der Waals surface area (Å²) in [7, 11) is 1.55. The van der Waals surface area contributed by atoms with Crippen LogP contribution in [0.2, 0.25) is 0 Å². The van der Waals surface area contributed by atoms with Crippen molar-refractivity contribution < 1.29 is 14.3 Å². The molecule has 0 heterocycles. The van der Waals surface area contributed by atoms with Gasteiger partial charge in [0.15, 0.2) is 0 Å². The smallest absolute Gasteiger partial charge is 0.269 e. The summed E-state index contributed by atoms with van der Waals surface area (Å²) in [5.41, 5.74) is 7.80. The average molecular weight is 312 g/mol. The second kappa shape index (κ2) is 7.45. The molecule has 0 aliphatic carbocycles. The van der Waals surface area contributed by atoms with E-state index in [1.807, 2.05) is 26.0 Å². The van der Waals surface area contributed by atoms with Crippen LogP contribution in [-0.2, 0) is 6.42 Å². The van der Waals surface area contributed by atoms with E-state index in [0.29, 0.717) is 16.9 Å². The van der Waals surface area contributed by atoms with Crippen molar-refractivity contribution in [1.82, 2.24) is 10.9 Å². The van der Waals surface area contributed by atoms with Crippen LogP contribution in [0.5, 0.6) is 5.75 Å². The monoisotopic (exact) mass is 312 g/mol. The lowest BCUT2D eigenvalue weighted by molar-refractivity contribution is 0.0846. The molecule has 0 saturated carbocycles. The highest BCUT2D eigenvalue weighted by Gasteiger charge is 2.10. The molecule has 23 heavy (non-hydrogen) atoms. The largest absolute Gasteiger partial charge is 0.496 e. The summed E-state index contributed by atoms with van der Waals surface area (Å²) < 4.78 is 5.19. The van der Waals surface area contributed by atoms with Crippen LogP contribution in [0.25, 0.3) is 0 Å². The molecule has 0 atom stereocenters. The number of carbonyl (C=O) groups is 2. The molecule has 0 aliphatic heterocycles. The van der Waals surface area contributed by atoms with E-state index in [-0.39, 0.29) is 5.91 Å². The topological polar surface area (TPSA) is 67.4 Å². The van der Waals surface area contributed by atoms with Gasteiger partial charge in [0.25, 0.3) is 11.8 Å². The Labute approximate surface area is 135 Å². The number of hydrogen-bond acceptors (Lipinski definition) is 3. The lowest BCUT2D eigenvalue weighted by Gasteiger charge is -2.10. The lowest BCUT2D eigenvalue weighted by Crippen LogP contribution is -2.41. The number of benzene rings is 2. The van der Waals surface area contributed by atoms with Gasteiger partial charge in [-0.05, 0) is 48.7 Å². The molecule has 2 rings (SSSR count). The molecule has 0 aliphatic rings. The van der Waals surface area contributed by atoms with E-state index in [0.717, 1.165) is 17.5 Å². The fourth-order valence-electron chi connectivity index (χ4n) is 2.11. The summed E-state index contributed by atoms with van der Waals surface area (Å²) in [6, 6.07) is 12.3. The van der Waals surface area contributed by atoms with E-state index in [1.54, 1.807) is 37.4 Å². The van der Waals surface area contributed by atoms with Gasteiger partial charge in [0.05, 0.1) is 7.11 Å². The number of nitrogens with one attached hydrogen (secondary N) is 2. The first-order chi connectivity index (χ1) is 11.0. The number of ether oxygens (including phenoxy) is 1. The van der Waals surface area contributed by atoms with Gasteiger partial charge in [0.2, 0.25) is 0 Å². The van der Waals surface area contributed by atoms with Crippen LogP contribution in [0.1, 0.15) is 38.8 Å². The molecule has 0 radical (unpaired) electrons. The fraction of sp³-hybridized carbons (Fsp3) is 0.222. The highest BCUT2D eigenvalue weighted by atomic mass is 16.5. The van der Waals surface area contributed by atoms with Gasteiger partial charge in [-0.3, -0.25) is 20.4 Å². The van der Waals surface area contributed by atoms with E-state index in [2.05, 4.69) is 10.9 Å². The summed E-state index contributed by atoms with van der Waals surface area (Å²) in [6.07, 6.45) is 0.911. The maximum absolute atomic E-state index is 12.1. The van der Waals surface area contributed by atoms with Crippen LogP contribution in [0.15, 0.2) is 42.5 Å². The Hall–Kier alpha value is -2.82. The van der Waals surface area contributed by atoms with Crippen molar-refractivity contribution in [2.24, 2.45) is 0 Å². The maximum Gasteiger partial charge on any atom is 0.269 e. The van der Waals surface area contributed by atoms with E-state index < -0.39 is 5.91 Å². The lowest BCUT2D eigenvalue weighted by atomic mass is 10.1. The van der Waals surface area contributed by atoms with E-state index in [4.69, 9.17) is 4.74 Å². The van der Waals surface area contributed by atoms with Gasteiger partial charge >= 0.3 is 0 Å². The number of hydrazine groups is 1. The minimum Gasteiger partial charge on any atom is -0.496 e. The van der Waals surface area contributed by atoms with Crippen molar-refractivity contribution in [1.29, 1.82) is 0 Å². The first kappa shape index (κ1) is 16.5. The first-order valence-corrected chi connectivity index (χ1v) is 7.39. The van der Waals surface area contributed by atoms with Crippen LogP contribution < -0.4 is 15.6 Å². The molecular formula is C18H20N2O3. The van der Waals surface area contributed by atoms with Crippen molar-refractivity contribution in [2.45, 2.75) is 20.3 Å². The van der Waals surface area contributed by atoms with Crippen molar-refractivity contribution in [3.63, 3.8) is 0 Å². The third-order valence-electron chi connectivity index (χ3n) is 3.58. The minimum atomic E-state index is -0.401. The van der Waals surface area contributed by atoms with Crippen LogP contribution in [0.3, 0.4) is 0 Å². The zero-order valence-electron chi connectivity index (χ0n) is 13.5. The molecule has 2 amide bonds. The highest BCUT2D eigenvalue weighted by Crippen LogP contribution is 2.18. The van der Waals surface area contributed by atoms with Crippen LogP contribution in [0.4, 0.5) is 0 Å². The molecule has 0 saturated heterocycles. The second-order valence-electron chi connectivity index (χ2n) is 5.14. The molecule has 0 fully saturated rings. The van der Waals surface area contributed by atoms with Gasteiger partial charge in [-0.15, -0.1) is 0 Å². The zero-order valence-corrected chi connectivity index (χ0v) is 13.5. The van der Waals surface area contributed by atoms with Gasteiger partial charge in [-0.25, -0.2) is 0 Å². The number of rotatable bonds is 4. The summed E-state index contributed by atoms with van der Waals surface area (Å²) in [5, 5.41) is 0. The summed E-state index contributed by atoms with van der Waals surface area (Å²) in [5.74, 6) is -0.138.